The number of halogens is 3. The van der Waals surface area contributed by atoms with Crippen molar-refractivity contribution < 1.29 is 13.9 Å². The van der Waals surface area contributed by atoms with Crippen molar-refractivity contribution in [3.8, 4) is 5.75 Å². The van der Waals surface area contributed by atoms with E-state index in [9.17, 15) is 9.18 Å². The van der Waals surface area contributed by atoms with Gasteiger partial charge >= 0.3 is 0 Å². The van der Waals surface area contributed by atoms with Gasteiger partial charge < -0.3 is 10.1 Å². The molecule has 1 heterocycles. The highest BCUT2D eigenvalue weighted by molar-refractivity contribution is 9.10. The van der Waals surface area contributed by atoms with Crippen LogP contribution in [0.3, 0.4) is 0 Å². The lowest BCUT2D eigenvalue weighted by Gasteiger charge is -2.15. The van der Waals surface area contributed by atoms with Crippen molar-refractivity contribution in [3.63, 3.8) is 0 Å². The Bertz CT molecular complexity index is 652. The largest absolute Gasteiger partial charge is 0.480 e. The zero-order chi connectivity index (χ0) is 15.4. The van der Waals surface area contributed by atoms with Crippen LogP contribution in [0, 0.1) is 5.82 Å². The summed E-state index contributed by atoms with van der Waals surface area (Å²) in [4.78, 5) is 15.9. The molecule has 1 atom stereocenters. The van der Waals surface area contributed by atoms with E-state index in [0.717, 1.165) is 0 Å². The van der Waals surface area contributed by atoms with E-state index in [1.807, 2.05) is 0 Å². The molecule has 0 fully saturated rings. The molecule has 21 heavy (non-hydrogen) atoms. The highest BCUT2D eigenvalue weighted by Crippen LogP contribution is 2.26. The second kappa shape index (κ2) is 6.87. The van der Waals surface area contributed by atoms with Gasteiger partial charge in [-0.3, -0.25) is 4.79 Å². The third kappa shape index (κ3) is 4.41. The van der Waals surface area contributed by atoms with Gasteiger partial charge in [-0.1, -0.05) is 11.6 Å². The number of carbonyl (C=O) groups excluding carboxylic acids is 1. The number of carbonyl (C=O) groups is 1. The fourth-order valence-electron chi connectivity index (χ4n) is 1.49. The van der Waals surface area contributed by atoms with E-state index >= 15 is 0 Å². The van der Waals surface area contributed by atoms with Gasteiger partial charge in [-0.05, 0) is 53.2 Å². The normalized spacial score (nSPS) is 11.8. The van der Waals surface area contributed by atoms with Gasteiger partial charge in [0.05, 0.1) is 9.50 Å². The van der Waals surface area contributed by atoms with Crippen LogP contribution < -0.4 is 10.1 Å². The maximum Gasteiger partial charge on any atom is 0.266 e. The molecule has 2 aromatic rings. The topological polar surface area (TPSA) is 51.2 Å². The number of hydrogen-bond donors (Lipinski definition) is 1. The Kier molecular flexibility index (Phi) is 5.14. The molecule has 2 rings (SSSR count). The van der Waals surface area contributed by atoms with Gasteiger partial charge in [0.2, 0.25) is 0 Å². The molecule has 1 aromatic heterocycles. The molecule has 1 amide bonds. The third-order valence-corrected chi connectivity index (χ3v) is 3.39. The smallest absolute Gasteiger partial charge is 0.266 e. The molecule has 0 aliphatic carbocycles. The first-order valence-electron chi connectivity index (χ1n) is 6.00. The van der Waals surface area contributed by atoms with E-state index in [0.29, 0.717) is 21.1 Å². The molecule has 4 nitrogen and oxygen atoms in total. The lowest BCUT2D eigenvalue weighted by molar-refractivity contribution is -0.122. The molecule has 1 N–H and O–H groups in total. The maximum absolute atomic E-state index is 13.0. The number of pyridine rings is 1. The molecule has 7 heteroatoms. The average molecular weight is 374 g/mol. The molecule has 0 saturated heterocycles. The Balaban J connectivity index is 2.00. The van der Waals surface area contributed by atoms with Gasteiger partial charge in [-0.25, -0.2) is 9.37 Å². The van der Waals surface area contributed by atoms with Crippen molar-refractivity contribution >= 4 is 39.3 Å². The van der Waals surface area contributed by atoms with Crippen molar-refractivity contribution in [2.45, 2.75) is 13.0 Å². The summed E-state index contributed by atoms with van der Waals surface area (Å²) in [6, 6.07) is 7.17. The summed E-state index contributed by atoms with van der Waals surface area (Å²) in [7, 11) is 0. The summed E-state index contributed by atoms with van der Waals surface area (Å²) >= 11 is 8.89. The van der Waals surface area contributed by atoms with Crippen LogP contribution in [0.2, 0.25) is 5.02 Å². The Morgan fingerprint density at radius 3 is 2.81 bits per heavy atom. The minimum atomic E-state index is -0.774. The Morgan fingerprint density at radius 2 is 2.19 bits per heavy atom. The van der Waals surface area contributed by atoms with Crippen LogP contribution >= 0.6 is 27.5 Å². The molecular formula is C14H11BrClFN2O2. The van der Waals surface area contributed by atoms with Crippen LogP contribution in [0.5, 0.6) is 5.75 Å². The van der Waals surface area contributed by atoms with Crippen LogP contribution in [0.1, 0.15) is 6.92 Å². The number of ether oxygens (including phenoxy) is 1. The Morgan fingerprint density at radius 1 is 1.43 bits per heavy atom. The summed E-state index contributed by atoms with van der Waals surface area (Å²) < 4.78 is 18.9. The van der Waals surface area contributed by atoms with E-state index in [-0.39, 0.29) is 5.91 Å². The van der Waals surface area contributed by atoms with Crippen molar-refractivity contribution in [2.24, 2.45) is 0 Å². The molecule has 0 aliphatic rings. The standard InChI is InChI=1S/C14H11BrClFN2O2/c1-8(21-12-4-3-10(17)6-11(12)15)14(20)19-13-5-2-9(16)7-18-13/h2-8H,1H3,(H,18,19,20). The summed E-state index contributed by atoms with van der Waals surface area (Å²) in [5.41, 5.74) is 0. The van der Waals surface area contributed by atoms with Crippen LogP contribution in [0.4, 0.5) is 10.2 Å². The zero-order valence-electron chi connectivity index (χ0n) is 10.9. The van der Waals surface area contributed by atoms with Crippen LogP contribution in [-0.4, -0.2) is 17.0 Å². The number of hydrogen-bond acceptors (Lipinski definition) is 3. The minimum Gasteiger partial charge on any atom is -0.480 e. The van der Waals surface area contributed by atoms with Crippen LogP contribution in [0.25, 0.3) is 0 Å². The number of nitrogens with zero attached hydrogens (tertiary/aromatic N) is 1. The maximum atomic E-state index is 13.0. The van der Waals surface area contributed by atoms with Crippen molar-refractivity contribution in [1.82, 2.24) is 4.98 Å². The lowest BCUT2D eigenvalue weighted by Crippen LogP contribution is -2.30. The van der Waals surface area contributed by atoms with Gasteiger partial charge in [-0.2, -0.15) is 0 Å². The summed E-state index contributed by atoms with van der Waals surface area (Å²) in [5.74, 6) is -0.0149. The Hall–Kier alpha value is -1.66. The van der Waals surface area contributed by atoms with E-state index < -0.39 is 11.9 Å². The highest BCUT2D eigenvalue weighted by Gasteiger charge is 2.16. The van der Waals surface area contributed by atoms with Crippen molar-refractivity contribution in [1.29, 1.82) is 0 Å². The number of aromatic nitrogens is 1. The molecule has 1 unspecified atom stereocenters. The number of nitrogens with one attached hydrogen (secondary N) is 1. The summed E-state index contributed by atoms with van der Waals surface area (Å²) in [6.07, 6.45) is 0.656. The van der Waals surface area contributed by atoms with Gasteiger partial charge in [-0.15, -0.1) is 0 Å². The number of benzene rings is 1. The predicted molar refractivity (Wildman–Crippen MR) is 82.1 cm³/mol. The van der Waals surface area contributed by atoms with Crippen molar-refractivity contribution in [2.75, 3.05) is 5.32 Å². The summed E-state index contributed by atoms with van der Waals surface area (Å²) in [6.45, 7) is 1.58. The molecule has 1 aromatic carbocycles. The van der Waals surface area contributed by atoms with E-state index in [4.69, 9.17) is 16.3 Å². The quantitative estimate of drug-likeness (QED) is 0.880. The molecule has 0 bridgehead atoms. The van der Waals surface area contributed by atoms with Gasteiger partial charge in [0.25, 0.3) is 5.91 Å². The molecular weight excluding hydrogens is 363 g/mol. The molecule has 0 saturated carbocycles. The number of anilines is 1. The van der Waals surface area contributed by atoms with E-state index in [1.54, 1.807) is 19.1 Å². The first kappa shape index (κ1) is 15.7. The van der Waals surface area contributed by atoms with Crippen LogP contribution in [-0.2, 0) is 4.79 Å². The first-order valence-corrected chi connectivity index (χ1v) is 7.17. The number of rotatable bonds is 4. The average Bonchev–Trinajstić information content (AvgIpc) is 2.44. The van der Waals surface area contributed by atoms with E-state index in [1.165, 1.54) is 24.4 Å². The highest BCUT2D eigenvalue weighted by atomic mass is 79.9. The third-order valence-electron chi connectivity index (χ3n) is 2.55. The second-order valence-electron chi connectivity index (χ2n) is 4.19. The molecule has 110 valence electrons. The van der Waals surface area contributed by atoms with Gasteiger partial charge in [0, 0.05) is 6.20 Å². The fourth-order valence-corrected chi connectivity index (χ4v) is 2.05. The molecule has 0 radical (unpaired) electrons. The lowest BCUT2D eigenvalue weighted by atomic mass is 10.3. The van der Waals surface area contributed by atoms with Gasteiger partial charge in [0.15, 0.2) is 6.10 Å². The SMILES string of the molecule is CC(Oc1ccc(F)cc1Br)C(=O)Nc1ccc(Cl)cn1. The zero-order valence-corrected chi connectivity index (χ0v) is 13.3. The summed E-state index contributed by atoms with van der Waals surface area (Å²) in [5, 5.41) is 3.08. The van der Waals surface area contributed by atoms with Crippen LogP contribution in [0.15, 0.2) is 41.0 Å². The predicted octanol–water partition coefficient (Wildman–Crippen LogP) is 4.04. The van der Waals surface area contributed by atoms with Gasteiger partial charge in [0.1, 0.15) is 17.4 Å². The fraction of sp³-hybridized carbons (Fsp3) is 0.143. The number of amides is 1. The first-order chi connectivity index (χ1) is 9.95. The second-order valence-corrected chi connectivity index (χ2v) is 5.48. The monoisotopic (exact) mass is 372 g/mol. The molecule has 0 spiro atoms. The van der Waals surface area contributed by atoms with E-state index in [2.05, 4.69) is 26.2 Å². The van der Waals surface area contributed by atoms with Crippen molar-refractivity contribution in [3.05, 3.63) is 51.8 Å². The molecule has 0 aliphatic heterocycles. The Labute approximate surface area is 134 Å². The minimum absolute atomic E-state index is 0.373.